The van der Waals surface area contributed by atoms with Gasteiger partial charge in [-0.1, -0.05) is 53.5 Å². The van der Waals surface area contributed by atoms with Crippen LogP contribution in [0.2, 0.25) is 10.0 Å². The van der Waals surface area contributed by atoms with Crippen LogP contribution in [0.25, 0.3) is 0 Å². The van der Waals surface area contributed by atoms with Gasteiger partial charge in [-0.15, -0.1) is 0 Å². The highest BCUT2D eigenvalue weighted by Gasteiger charge is 2.13. The minimum Gasteiger partial charge on any atom is -0.396 e. The van der Waals surface area contributed by atoms with Crippen molar-refractivity contribution in [2.45, 2.75) is 5.75 Å². The quantitative estimate of drug-likeness (QED) is 0.842. The first kappa shape index (κ1) is 15.0. The van der Waals surface area contributed by atoms with Gasteiger partial charge in [-0.2, -0.15) is 0 Å². The molecule has 0 unspecified atom stereocenters. The molecule has 0 saturated heterocycles. The molecule has 0 spiro atoms. The summed E-state index contributed by atoms with van der Waals surface area (Å²) in [4.78, 5) is 0. The van der Waals surface area contributed by atoms with Gasteiger partial charge in [0.1, 0.15) is 0 Å². The molecule has 0 aliphatic rings. The van der Waals surface area contributed by atoms with E-state index >= 15 is 0 Å². The van der Waals surface area contributed by atoms with E-state index in [0.717, 1.165) is 0 Å². The Morgan fingerprint density at radius 1 is 1.05 bits per heavy atom. The topological polar surface area (TPSA) is 72.2 Å². The van der Waals surface area contributed by atoms with E-state index in [4.69, 9.17) is 28.9 Å². The Balaban J connectivity index is 2.21. The average Bonchev–Trinajstić information content (AvgIpc) is 2.36. The van der Waals surface area contributed by atoms with Gasteiger partial charge in [-0.05, 0) is 17.7 Å². The van der Waals surface area contributed by atoms with Crippen LogP contribution in [-0.4, -0.2) is 8.42 Å². The van der Waals surface area contributed by atoms with Crippen LogP contribution in [0.1, 0.15) is 5.56 Å². The number of hydrogen-bond acceptors (Lipinski definition) is 3. The van der Waals surface area contributed by atoms with E-state index in [2.05, 4.69) is 4.72 Å². The molecule has 0 fully saturated rings. The molecular formula is C13H12Cl2N2O2S. The summed E-state index contributed by atoms with van der Waals surface area (Å²) in [7, 11) is -3.54. The highest BCUT2D eigenvalue weighted by molar-refractivity contribution is 7.91. The van der Waals surface area contributed by atoms with Crippen LogP contribution in [0.3, 0.4) is 0 Å². The molecule has 106 valence electrons. The van der Waals surface area contributed by atoms with Crippen LogP contribution >= 0.6 is 23.2 Å². The molecule has 0 atom stereocenters. The highest BCUT2D eigenvalue weighted by Crippen LogP contribution is 2.31. The smallest absolute Gasteiger partial charge is 0.236 e. The van der Waals surface area contributed by atoms with Crippen LogP contribution < -0.4 is 10.5 Å². The van der Waals surface area contributed by atoms with E-state index in [0.29, 0.717) is 5.56 Å². The summed E-state index contributed by atoms with van der Waals surface area (Å²) >= 11 is 11.7. The van der Waals surface area contributed by atoms with Crippen LogP contribution in [0.15, 0.2) is 42.5 Å². The molecule has 0 aliphatic heterocycles. The first-order chi connectivity index (χ1) is 9.37. The van der Waals surface area contributed by atoms with Crippen LogP contribution in [0.5, 0.6) is 0 Å². The molecular weight excluding hydrogens is 319 g/mol. The van der Waals surface area contributed by atoms with Crippen molar-refractivity contribution in [2.24, 2.45) is 0 Å². The van der Waals surface area contributed by atoms with E-state index in [1.165, 1.54) is 12.1 Å². The molecule has 4 nitrogen and oxygen atoms in total. The summed E-state index contributed by atoms with van der Waals surface area (Å²) in [6.45, 7) is 0. The van der Waals surface area contributed by atoms with E-state index in [1.54, 1.807) is 24.3 Å². The Bertz CT molecular complexity index is 695. The minimum atomic E-state index is -3.54. The number of rotatable bonds is 4. The Hall–Kier alpha value is -1.43. The Morgan fingerprint density at radius 3 is 2.15 bits per heavy atom. The van der Waals surface area contributed by atoms with Gasteiger partial charge in [-0.25, -0.2) is 8.42 Å². The lowest BCUT2D eigenvalue weighted by Gasteiger charge is -2.10. The Labute approximate surface area is 127 Å². The SMILES string of the molecule is Nc1c(Cl)cc(NS(=O)(=O)Cc2ccccc2)cc1Cl. The number of benzene rings is 2. The van der Waals surface area contributed by atoms with Crippen LogP contribution in [0.4, 0.5) is 11.4 Å². The summed E-state index contributed by atoms with van der Waals surface area (Å²) in [6, 6.07) is 11.7. The normalized spacial score (nSPS) is 11.3. The highest BCUT2D eigenvalue weighted by atomic mass is 35.5. The lowest BCUT2D eigenvalue weighted by molar-refractivity contribution is 0.600. The monoisotopic (exact) mass is 330 g/mol. The van der Waals surface area contributed by atoms with Gasteiger partial charge in [0.05, 0.1) is 27.2 Å². The zero-order valence-electron chi connectivity index (χ0n) is 10.3. The zero-order chi connectivity index (χ0) is 14.8. The largest absolute Gasteiger partial charge is 0.396 e. The summed E-state index contributed by atoms with van der Waals surface area (Å²) in [5.41, 5.74) is 6.79. The van der Waals surface area contributed by atoms with Crippen molar-refractivity contribution in [3.8, 4) is 0 Å². The molecule has 2 aromatic rings. The van der Waals surface area contributed by atoms with Gasteiger partial charge in [0, 0.05) is 0 Å². The first-order valence-electron chi connectivity index (χ1n) is 5.66. The Morgan fingerprint density at radius 2 is 1.60 bits per heavy atom. The van der Waals surface area contributed by atoms with Crippen molar-refractivity contribution in [2.75, 3.05) is 10.5 Å². The molecule has 0 amide bonds. The summed E-state index contributed by atoms with van der Waals surface area (Å²) in [5, 5.41) is 0.407. The van der Waals surface area contributed by atoms with Gasteiger partial charge in [0.25, 0.3) is 0 Å². The molecule has 3 N–H and O–H groups in total. The lowest BCUT2D eigenvalue weighted by atomic mass is 10.2. The first-order valence-corrected chi connectivity index (χ1v) is 8.07. The number of nitrogen functional groups attached to an aromatic ring is 1. The van der Waals surface area contributed by atoms with Gasteiger partial charge in [0.2, 0.25) is 10.0 Å². The number of anilines is 2. The number of nitrogens with two attached hydrogens (primary N) is 1. The maximum Gasteiger partial charge on any atom is 0.236 e. The zero-order valence-corrected chi connectivity index (χ0v) is 12.6. The standard InChI is InChI=1S/C13H12Cl2N2O2S/c14-11-6-10(7-12(15)13(11)16)17-20(18,19)8-9-4-2-1-3-5-9/h1-7,17H,8,16H2. The summed E-state index contributed by atoms with van der Waals surface area (Å²) < 4.78 is 26.5. The van der Waals surface area contributed by atoms with E-state index in [1.807, 2.05) is 6.07 Å². The fourth-order valence-corrected chi connectivity index (χ4v) is 3.32. The van der Waals surface area contributed by atoms with Crippen molar-refractivity contribution in [1.29, 1.82) is 0 Å². The van der Waals surface area contributed by atoms with E-state index in [-0.39, 0.29) is 27.2 Å². The van der Waals surface area contributed by atoms with Crippen LogP contribution in [-0.2, 0) is 15.8 Å². The second kappa shape index (κ2) is 5.91. The number of sulfonamides is 1. The van der Waals surface area contributed by atoms with E-state index < -0.39 is 10.0 Å². The predicted octanol–water partition coefficient (Wildman–Crippen LogP) is 3.52. The second-order valence-electron chi connectivity index (χ2n) is 4.20. The number of halogens is 2. The maximum atomic E-state index is 12.0. The molecule has 0 heterocycles. The maximum absolute atomic E-state index is 12.0. The van der Waals surface area contributed by atoms with Crippen molar-refractivity contribution >= 4 is 44.6 Å². The average molecular weight is 331 g/mol. The molecule has 0 saturated carbocycles. The van der Waals surface area contributed by atoms with Gasteiger partial charge in [-0.3, -0.25) is 4.72 Å². The molecule has 20 heavy (non-hydrogen) atoms. The minimum absolute atomic E-state index is 0.131. The predicted molar refractivity (Wildman–Crippen MR) is 83.6 cm³/mol. The van der Waals surface area contributed by atoms with Crippen molar-refractivity contribution in [1.82, 2.24) is 0 Å². The van der Waals surface area contributed by atoms with Crippen LogP contribution in [0, 0.1) is 0 Å². The van der Waals surface area contributed by atoms with Gasteiger partial charge in [0.15, 0.2) is 0 Å². The molecule has 0 bridgehead atoms. The summed E-state index contributed by atoms with van der Waals surface area (Å²) in [5.74, 6) is -0.131. The summed E-state index contributed by atoms with van der Waals surface area (Å²) in [6.07, 6.45) is 0. The van der Waals surface area contributed by atoms with Crippen molar-refractivity contribution in [3.63, 3.8) is 0 Å². The molecule has 0 radical (unpaired) electrons. The second-order valence-corrected chi connectivity index (χ2v) is 6.74. The van der Waals surface area contributed by atoms with Crippen molar-refractivity contribution < 1.29 is 8.42 Å². The van der Waals surface area contributed by atoms with Gasteiger partial charge < -0.3 is 5.73 Å². The number of hydrogen-bond donors (Lipinski definition) is 2. The van der Waals surface area contributed by atoms with E-state index in [9.17, 15) is 8.42 Å². The van der Waals surface area contributed by atoms with Gasteiger partial charge >= 0.3 is 0 Å². The third kappa shape index (κ3) is 3.79. The molecule has 2 rings (SSSR count). The number of nitrogens with one attached hydrogen (secondary N) is 1. The fraction of sp³-hybridized carbons (Fsp3) is 0.0769. The third-order valence-electron chi connectivity index (χ3n) is 2.55. The lowest BCUT2D eigenvalue weighted by Crippen LogP contribution is -2.15. The molecule has 0 aromatic heterocycles. The third-order valence-corrected chi connectivity index (χ3v) is 4.44. The molecule has 0 aliphatic carbocycles. The van der Waals surface area contributed by atoms with Crippen molar-refractivity contribution in [3.05, 3.63) is 58.1 Å². The fourth-order valence-electron chi connectivity index (χ4n) is 1.65. The molecule has 2 aromatic carbocycles. The molecule has 7 heteroatoms. The Kier molecular flexibility index (Phi) is 4.42.